The van der Waals surface area contributed by atoms with Crippen LogP contribution < -0.4 is 126 Å². The van der Waals surface area contributed by atoms with Crippen molar-refractivity contribution in [1.29, 1.82) is 0 Å². The van der Waals surface area contributed by atoms with E-state index in [2.05, 4.69) is 84.4 Å². The first-order valence-electron chi connectivity index (χ1n) is 41.3. The first-order valence-corrected chi connectivity index (χ1v) is 41.3. The summed E-state index contributed by atoms with van der Waals surface area (Å²) in [5.74, 6) is -27.5. The lowest BCUT2D eigenvalue weighted by Gasteiger charge is -2.30. The van der Waals surface area contributed by atoms with Gasteiger partial charge >= 0.3 is 17.9 Å². The maximum absolute atomic E-state index is 14.8. The van der Waals surface area contributed by atoms with Crippen molar-refractivity contribution < 1.29 is 116 Å². The standard InChI is InChI=1S/C79H125N25O24/c1-10-38(6)62(74(124)91-36-58(110)95-51(32-59(111)112)71(121)99-52(33-60(113)114)72(122)103-63(39(7)11-2)75(125)100-50(31-55(83)107)70(120)97-48(77(127)128)23-17-29-89-79(86)87)104-76(126)64(40(8)12-3)102-65(115)41(9)92-69(119)49(30-43-20-15-19-42-18-13-14-21-44(42)43)98-67(117)47(25-27-54(82)106)96-66(116)45(22-16-28-88-78(84)85)94-57(109)35-90-73(123)61(37(4)5)101-68(118)46(24-26-53(81)105)93-56(108)34-80/h13-15,18-21,37-41,45-52,61-64H,10-12,16-17,22-36,80H2,1-9H3,(H2,81,105)(H2,82,106)(H2,83,107)(H,90,123)(H,91,124)(H,92,119)(H,93,108)(H,94,109)(H,95,110)(H,96,116)(H,97,120)(H,98,117)(H,99,121)(H,100,125)(H,101,118)(H,102,115)(H,103,122)(H,104,126)(H,111,112)(H,113,114)(H,127,128)(H4,84,85,88)(H4,86,87,89)/t38-,39-,40-,41-,45-,46-,47-,48-,49-,50-,51-,52-,61-,62-,63-,64-/m0/s1. The molecule has 0 aliphatic carbocycles. The molecular formula is C79H125N25O24. The third kappa shape index (κ3) is 40.4. The molecule has 0 aliphatic rings. The Morgan fingerprint density at radius 1 is 0.352 bits per heavy atom. The number of aliphatic carboxylic acids is 3. The largest absolute Gasteiger partial charge is 0.481 e. The van der Waals surface area contributed by atoms with Gasteiger partial charge in [0, 0.05) is 32.4 Å². The fourth-order valence-electron chi connectivity index (χ4n) is 12.4. The predicted molar refractivity (Wildman–Crippen MR) is 459 cm³/mol. The average Bonchev–Trinajstić information content (AvgIpc) is 0.812. The van der Waals surface area contributed by atoms with Crippen LogP contribution in [0.2, 0.25) is 0 Å². The molecular weight excluding hydrogens is 1680 g/mol. The molecule has 2 aromatic rings. The Hall–Kier alpha value is -13.9. The number of guanidine groups is 2. The molecule has 0 heterocycles. The van der Waals surface area contributed by atoms with Crippen molar-refractivity contribution in [2.24, 2.45) is 79.5 Å². The fourth-order valence-corrected chi connectivity index (χ4v) is 12.4. The van der Waals surface area contributed by atoms with Crippen molar-refractivity contribution in [2.75, 3.05) is 32.7 Å². The molecule has 0 radical (unpaired) electrons. The van der Waals surface area contributed by atoms with Gasteiger partial charge in [-0.1, -0.05) is 117 Å². The molecule has 0 unspecified atom stereocenters. The van der Waals surface area contributed by atoms with Gasteiger partial charge in [0.05, 0.1) is 38.9 Å². The van der Waals surface area contributed by atoms with E-state index in [9.17, 15) is 116 Å². The molecule has 0 spiro atoms. The van der Waals surface area contributed by atoms with Gasteiger partial charge in [0.2, 0.25) is 106 Å². The summed E-state index contributed by atoms with van der Waals surface area (Å²) >= 11 is 0. The van der Waals surface area contributed by atoms with E-state index in [1.807, 2.05) is 5.32 Å². The first kappa shape index (κ1) is 110. The molecule has 34 N–H and O–H groups in total. The number of nitrogens with zero attached hydrogens (tertiary/aromatic N) is 2. The molecule has 16 atom stereocenters. The van der Waals surface area contributed by atoms with E-state index in [0.717, 1.165) is 0 Å². The molecule has 710 valence electrons. The minimum Gasteiger partial charge on any atom is -0.481 e. The third-order valence-corrected chi connectivity index (χ3v) is 20.2. The lowest BCUT2D eigenvalue weighted by atomic mass is 9.94. The number of fused-ring (bicyclic) bond motifs is 1. The van der Waals surface area contributed by atoms with Gasteiger partial charge in [0.1, 0.15) is 78.5 Å². The van der Waals surface area contributed by atoms with Crippen molar-refractivity contribution in [3.8, 4) is 0 Å². The van der Waals surface area contributed by atoms with E-state index in [-0.39, 0.29) is 89.2 Å². The number of benzene rings is 2. The number of hydrogen-bond donors (Lipinski definition) is 26. The highest BCUT2D eigenvalue weighted by atomic mass is 16.4. The molecule has 0 fully saturated rings. The van der Waals surface area contributed by atoms with Gasteiger partial charge < -0.3 is 141 Å². The Labute approximate surface area is 737 Å². The second kappa shape index (κ2) is 56.1. The average molecular weight is 1810 g/mol. The molecule has 49 nitrogen and oxygen atoms in total. The van der Waals surface area contributed by atoms with E-state index in [4.69, 9.17) is 45.9 Å². The maximum atomic E-state index is 14.8. The van der Waals surface area contributed by atoms with E-state index in [1.165, 1.54) is 13.8 Å². The Morgan fingerprint density at radius 2 is 0.703 bits per heavy atom. The Kier molecular flexibility index (Phi) is 48.3. The highest BCUT2D eigenvalue weighted by molar-refractivity contribution is 6.02. The van der Waals surface area contributed by atoms with Crippen molar-refractivity contribution in [1.82, 2.24) is 79.8 Å². The molecule has 0 aromatic heterocycles. The number of primary amides is 3. The minimum atomic E-state index is -2.14. The number of carboxylic acid groups (broad SMARTS) is 3. The predicted octanol–water partition coefficient (Wildman–Crippen LogP) is -8.76. The Bertz CT molecular complexity index is 4330. The zero-order valence-corrected chi connectivity index (χ0v) is 72.9. The van der Waals surface area contributed by atoms with Crippen LogP contribution in [-0.2, 0) is 107 Å². The number of hydrogen-bond acceptors (Lipinski definition) is 24. The van der Waals surface area contributed by atoms with Crippen molar-refractivity contribution in [3.05, 3.63) is 48.0 Å². The number of nitrogens with two attached hydrogens (primary N) is 8. The monoisotopic (exact) mass is 1810 g/mol. The summed E-state index contributed by atoms with van der Waals surface area (Å²) in [4.78, 5) is 289. The smallest absolute Gasteiger partial charge is 0.326 e. The minimum absolute atomic E-state index is 0.00992. The Morgan fingerprint density at radius 3 is 1.17 bits per heavy atom. The van der Waals surface area contributed by atoms with Crippen molar-refractivity contribution >= 4 is 147 Å². The van der Waals surface area contributed by atoms with Crippen LogP contribution in [0.5, 0.6) is 0 Å². The molecule has 0 aliphatic heterocycles. The van der Waals surface area contributed by atoms with Crippen LogP contribution in [0.4, 0.5) is 0 Å². The summed E-state index contributed by atoms with van der Waals surface area (Å²) in [7, 11) is 0. The van der Waals surface area contributed by atoms with Crippen LogP contribution in [0, 0.1) is 23.7 Å². The molecule has 128 heavy (non-hydrogen) atoms. The second-order valence-electron chi connectivity index (χ2n) is 30.8. The third-order valence-electron chi connectivity index (χ3n) is 20.2. The quantitative estimate of drug-likeness (QED) is 0.0166. The van der Waals surface area contributed by atoms with Gasteiger partial charge in [-0.25, -0.2) is 4.79 Å². The number of carboxylic acids is 3. The molecule has 0 saturated heterocycles. The lowest BCUT2D eigenvalue weighted by Crippen LogP contribution is -2.61. The van der Waals surface area contributed by atoms with Gasteiger partial charge in [0.25, 0.3) is 0 Å². The molecule has 2 rings (SSSR count). The highest BCUT2D eigenvalue weighted by Gasteiger charge is 2.40. The van der Waals surface area contributed by atoms with Gasteiger partial charge in [0.15, 0.2) is 11.9 Å². The van der Waals surface area contributed by atoms with Gasteiger partial charge in [-0.05, 0) is 85.5 Å². The number of carbonyl (C=O) groups excluding carboxylic acids is 18. The van der Waals surface area contributed by atoms with Gasteiger partial charge in [-0.3, -0.25) is 106 Å². The summed E-state index contributed by atoms with van der Waals surface area (Å²) in [5.41, 5.74) is 43.7. The van der Waals surface area contributed by atoms with Crippen LogP contribution in [0.3, 0.4) is 0 Å². The SMILES string of the molecule is CC[C@H](C)[C@H](NC(=O)[C@H](C)NC(=O)[C@H](Cc1cccc2ccccc12)NC(=O)[C@H](CCC(N)=O)NC(=O)[C@H](CCCN=C(N)N)NC(=O)CNC(=O)[C@@H](NC(=O)[C@H](CCC(N)=O)NC(=O)CN)C(C)C)C(=O)N[C@H](C(=O)NCC(=O)N[C@@H](CC(=O)O)C(=O)N[C@@H](CC(=O)O)C(=O)N[C@H](C(=O)N[C@@H](CC(N)=O)C(=O)N[C@@H](CCCN=C(N)N)C(=O)O)[C@@H](C)CC)[C@@H](C)CC. The van der Waals surface area contributed by atoms with Crippen LogP contribution >= 0.6 is 0 Å². The van der Waals surface area contributed by atoms with Crippen LogP contribution in [-0.4, -0.2) is 263 Å². The number of aliphatic imine (C=N–C) groups is 2. The summed E-state index contributed by atoms with van der Waals surface area (Å²) in [6.45, 7) is 11.3. The van der Waals surface area contributed by atoms with Crippen molar-refractivity contribution in [2.45, 2.75) is 237 Å². The van der Waals surface area contributed by atoms with E-state index in [1.54, 1.807) is 90.9 Å². The van der Waals surface area contributed by atoms with Gasteiger partial charge in [-0.15, -0.1) is 0 Å². The molecule has 0 saturated carbocycles. The number of amides is 18. The van der Waals surface area contributed by atoms with Crippen LogP contribution in [0.15, 0.2) is 52.4 Å². The van der Waals surface area contributed by atoms with Crippen LogP contribution in [0.25, 0.3) is 10.8 Å². The number of nitrogens with one attached hydrogen (secondary N) is 15. The zero-order chi connectivity index (χ0) is 96.9. The first-order chi connectivity index (χ1) is 60.1. The van der Waals surface area contributed by atoms with Gasteiger partial charge in [-0.2, -0.15) is 0 Å². The number of carbonyl (C=O) groups is 21. The normalized spacial score (nSPS) is 14.7. The molecule has 2 aromatic carbocycles. The van der Waals surface area contributed by atoms with Crippen molar-refractivity contribution in [3.63, 3.8) is 0 Å². The summed E-state index contributed by atoms with van der Waals surface area (Å²) < 4.78 is 0. The topological polar surface area (TPSA) is 832 Å². The summed E-state index contributed by atoms with van der Waals surface area (Å²) in [6.07, 6.45) is -5.19. The van der Waals surface area contributed by atoms with E-state index < -0.39 is 278 Å². The maximum Gasteiger partial charge on any atom is 0.326 e. The highest BCUT2D eigenvalue weighted by Crippen LogP contribution is 2.22. The molecule has 18 amide bonds. The summed E-state index contributed by atoms with van der Waals surface area (Å²) in [6, 6.07) is -9.43. The lowest BCUT2D eigenvalue weighted by molar-refractivity contribution is -0.143. The second-order valence-corrected chi connectivity index (χ2v) is 30.8. The Balaban J connectivity index is 2.49. The molecule has 49 heteroatoms. The number of rotatable bonds is 60. The zero-order valence-electron chi connectivity index (χ0n) is 72.9. The van der Waals surface area contributed by atoms with E-state index >= 15 is 0 Å². The fraction of sp³-hybridized carbons (Fsp3) is 0.582. The van der Waals surface area contributed by atoms with Crippen LogP contribution in [0.1, 0.15) is 158 Å². The van der Waals surface area contributed by atoms with E-state index in [0.29, 0.717) is 16.3 Å². The summed E-state index contributed by atoms with van der Waals surface area (Å²) in [5, 5.41) is 66.6. The molecule has 0 bridgehead atoms.